The van der Waals surface area contributed by atoms with Gasteiger partial charge in [-0.05, 0) is 45.0 Å². The van der Waals surface area contributed by atoms with E-state index in [0.717, 1.165) is 12.1 Å². The maximum absolute atomic E-state index is 12.4. The van der Waals surface area contributed by atoms with Crippen LogP contribution in [0.15, 0.2) is 29.2 Å². The topological polar surface area (TPSA) is 72.5 Å². The van der Waals surface area contributed by atoms with E-state index in [2.05, 4.69) is 0 Å². The van der Waals surface area contributed by atoms with Crippen LogP contribution in [0.3, 0.4) is 0 Å². The van der Waals surface area contributed by atoms with Crippen LogP contribution >= 0.6 is 0 Å². The molecule has 0 saturated heterocycles. The van der Waals surface area contributed by atoms with E-state index in [1.165, 1.54) is 0 Å². The molecule has 22 heavy (non-hydrogen) atoms. The molecule has 0 saturated carbocycles. The first-order valence-corrected chi connectivity index (χ1v) is 7.68. The number of benzene rings is 1. The van der Waals surface area contributed by atoms with Crippen molar-refractivity contribution in [3.8, 4) is 0 Å². The molecule has 0 fully saturated rings. The molecule has 0 spiro atoms. The number of hydrogen-bond donors (Lipinski definition) is 1. The summed E-state index contributed by atoms with van der Waals surface area (Å²) in [4.78, 5) is 11.1. The average Bonchev–Trinajstić information content (AvgIpc) is 2.34. The molecule has 0 aromatic heterocycles. The number of halogens is 3. The van der Waals surface area contributed by atoms with Crippen molar-refractivity contribution in [2.45, 2.75) is 37.4 Å². The van der Waals surface area contributed by atoms with E-state index in [1.54, 1.807) is 20.8 Å². The summed E-state index contributed by atoms with van der Waals surface area (Å²) in [5.41, 5.74) is -1.73. The van der Waals surface area contributed by atoms with Crippen LogP contribution in [0.4, 0.5) is 13.2 Å². The fourth-order valence-corrected chi connectivity index (χ4v) is 2.41. The van der Waals surface area contributed by atoms with Gasteiger partial charge in [0, 0.05) is 0 Å². The van der Waals surface area contributed by atoms with Crippen molar-refractivity contribution in [1.29, 1.82) is 0 Å². The predicted octanol–water partition coefficient (Wildman–Crippen LogP) is 2.33. The van der Waals surface area contributed by atoms with Crippen molar-refractivity contribution < 1.29 is 31.1 Å². The summed E-state index contributed by atoms with van der Waals surface area (Å²) < 4.78 is 67.8. The van der Waals surface area contributed by atoms with Gasteiger partial charge in [0.25, 0.3) is 0 Å². The highest BCUT2D eigenvalue weighted by molar-refractivity contribution is 7.89. The molecule has 1 rings (SSSR count). The maximum Gasteiger partial charge on any atom is 0.416 e. The zero-order valence-corrected chi connectivity index (χ0v) is 13.0. The lowest BCUT2D eigenvalue weighted by molar-refractivity contribution is -0.153. The monoisotopic (exact) mass is 339 g/mol. The Labute approximate surface area is 126 Å². The summed E-state index contributed by atoms with van der Waals surface area (Å²) in [7, 11) is -4.09. The van der Waals surface area contributed by atoms with Gasteiger partial charge in [0.1, 0.15) is 12.1 Å². The Hall–Kier alpha value is -1.61. The first-order chi connectivity index (χ1) is 9.81. The Bertz CT molecular complexity index is 631. The Balaban J connectivity index is 2.77. The molecule has 0 unspecified atom stereocenters. The fourth-order valence-electron chi connectivity index (χ4n) is 1.44. The number of carbonyl (C=O) groups excluding carboxylic acids is 1. The van der Waals surface area contributed by atoms with Crippen LogP contribution in [0, 0.1) is 0 Å². The minimum Gasteiger partial charge on any atom is -0.459 e. The molecule has 0 aliphatic heterocycles. The third-order valence-electron chi connectivity index (χ3n) is 2.32. The maximum atomic E-state index is 12.4. The molecule has 5 nitrogen and oxygen atoms in total. The molecular weight excluding hydrogens is 323 g/mol. The number of alkyl halides is 3. The second kappa shape index (κ2) is 6.25. The Morgan fingerprint density at radius 3 is 2.05 bits per heavy atom. The average molecular weight is 339 g/mol. The number of sulfonamides is 1. The Kier molecular flexibility index (Phi) is 5.24. The number of hydrogen-bond acceptors (Lipinski definition) is 4. The minimum atomic E-state index is -4.55. The predicted molar refractivity (Wildman–Crippen MR) is 72.5 cm³/mol. The van der Waals surface area contributed by atoms with Crippen LogP contribution < -0.4 is 4.72 Å². The normalized spacial score (nSPS) is 13.0. The number of ether oxygens (including phenoxy) is 1. The Morgan fingerprint density at radius 2 is 1.64 bits per heavy atom. The van der Waals surface area contributed by atoms with E-state index in [1.807, 2.05) is 4.72 Å². The molecule has 0 bridgehead atoms. The van der Waals surface area contributed by atoms with Crippen LogP contribution in [0.25, 0.3) is 0 Å². The van der Waals surface area contributed by atoms with Crippen LogP contribution in [0.5, 0.6) is 0 Å². The van der Waals surface area contributed by atoms with Gasteiger partial charge in [-0.15, -0.1) is 0 Å². The lowest BCUT2D eigenvalue weighted by Crippen LogP contribution is -2.34. The summed E-state index contributed by atoms with van der Waals surface area (Å²) in [5, 5.41) is 0. The van der Waals surface area contributed by atoms with Gasteiger partial charge in [0.2, 0.25) is 10.0 Å². The van der Waals surface area contributed by atoms with Gasteiger partial charge in [0.15, 0.2) is 0 Å². The molecule has 1 aromatic rings. The standard InChI is InChI=1S/C13H16F3NO4S/c1-12(2,3)21-11(18)8-17-22(19,20)10-6-4-9(5-7-10)13(14,15)16/h4-7,17H,8H2,1-3H3. The number of esters is 1. The first-order valence-electron chi connectivity index (χ1n) is 6.20. The third-order valence-corrected chi connectivity index (χ3v) is 3.74. The SMILES string of the molecule is CC(C)(C)OC(=O)CNS(=O)(=O)c1ccc(C(F)(F)F)cc1. The highest BCUT2D eigenvalue weighted by Gasteiger charge is 2.30. The van der Waals surface area contributed by atoms with Gasteiger partial charge in [-0.25, -0.2) is 8.42 Å². The summed E-state index contributed by atoms with van der Waals surface area (Å²) in [6.07, 6.45) is -4.55. The summed E-state index contributed by atoms with van der Waals surface area (Å²) >= 11 is 0. The molecule has 0 amide bonds. The lowest BCUT2D eigenvalue weighted by atomic mass is 10.2. The fraction of sp³-hybridized carbons (Fsp3) is 0.462. The van der Waals surface area contributed by atoms with Crippen molar-refractivity contribution in [3.05, 3.63) is 29.8 Å². The number of nitrogens with one attached hydrogen (secondary N) is 1. The van der Waals surface area contributed by atoms with Crippen LogP contribution in [-0.2, 0) is 25.7 Å². The number of carbonyl (C=O) groups is 1. The molecule has 1 aromatic carbocycles. The highest BCUT2D eigenvalue weighted by Crippen LogP contribution is 2.29. The van der Waals surface area contributed by atoms with E-state index in [4.69, 9.17) is 4.74 Å². The summed E-state index contributed by atoms with van der Waals surface area (Å²) in [6, 6.07) is 2.95. The van der Waals surface area contributed by atoms with Gasteiger partial charge in [0.05, 0.1) is 10.5 Å². The molecule has 0 heterocycles. The second-order valence-electron chi connectivity index (χ2n) is 5.43. The quantitative estimate of drug-likeness (QED) is 0.855. The van der Waals surface area contributed by atoms with Gasteiger partial charge in [-0.3, -0.25) is 4.79 Å². The van der Waals surface area contributed by atoms with Crippen LogP contribution in [-0.4, -0.2) is 26.5 Å². The van der Waals surface area contributed by atoms with E-state index in [-0.39, 0.29) is 4.90 Å². The van der Waals surface area contributed by atoms with Crippen LogP contribution in [0.2, 0.25) is 0 Å². The van der Waals surface area contributed by atoms with Gasteiger partial charge >= 0.3 is 12.1 Å². The molecule has 0 atom stereocenters. The van der Waals surface area contributed by atoms with Crippen molar-refractivity contribution in [1.82, 2.24) is 4.72 Å². The molecule has 0 aliphatic rings. The summed E-state index contributed by atoms with van der Waals surface area (Å²) in [5.74, 6) is -0.789. The molecule has 0 aliphatic carbocycles. The molecular formula is C13H16F3NO4S. The van der Waals surface area contributed by atoms with Gasteiger partial charge in [-0.1, -0.05) is 0 Å². The van der Waals surface area contributed by atoms with E-state index in [9.17, 15) is 26.4 Å². The van der Waals surface area contributed by atoms with Gasteiger partial charge in [-0.2, -0.15) is 17.9 Å². The van der Waals surface area contributed by atoms with E-state index < -0.39 is 39.9 Å². The zero-order chi connectivity index (χ0) is 17.2. The molecule has 0 radical (unpaired) electrons. The molecule has 1 N–H and O–H groups in total. The molecule has 124 valence electrons. The van der Waals surface area contributed by atoms with E-state index >= 15 is 0 Å². The Morgan fingerprint density at radius 1 is 1.14 bits per heavy atom. The first kappa shape index (κ1) is 18.4. The lowest BCUT2D eigenvalue weighted by Gasteiger charge is -2.19. The van der Waals surface area contributed by atoms with Crippen molar-refractivity contribution in [2.24, 2.45) is 0 Å². The van der Waals surface area contributed by atoms with E-state index in [0.29, 0.717) is 12.1 Å². The molecule has 9 heteroatoms. The van der Waals surface area contributed by atoms with Crippen molar-refractivity contribution >= 4 is 16.0 Å². The van der Waals surface area contributed by atoms with Crippen molar-refractivity contribution in [2.75, 3.05) is 6.54 Å². The third kappa shape index (κ3) is 5.64. The second-order valence-corrected chi connectivity index (χ2v) is 7.20. The minimum absolute atomic E-state index is 0.371. The highest BCUT2D eigenvalue weighted by atomic mass is 32.2. The van der Waals surface area contributed by atoms with Crippen LogP contribution in [0.1, 0.15) is 26.3 Å². The number of rotatable bonds is 4. The summed E-state index contributed by atoms with van der Waals surface area (Å²) in [6.45, 7) is 4.25. The van der Waals surface area contributed by atoms with Gasteiger partial charge < -0.3 is 4.74 Å². The van der Waals surface area contributed by atoms with Crippen molar-refractivity contribution in [3.63, 3.8) is 0 Å². The largest absolute Gasteiger partial charge is 0.459 e. The zero-order valence-electron chi connectivity index (χ0n) is 12.2. The smallest absolute Gasteiger partial charge is 0.416 e.